The minimum absolute atomic E-state index is 0.0125. The molecule has 4 nitrogen and oxygen atoms in total. The standard InChI is InChI=1S/C13H15ClO4S/c1-3-4-5-6-19(17,18)12-8-10(14)7-11(9(12)2)13(15)16/h3,7-8H,1,4-6H2,2H3,(H,15,16). The Morgan fingerprint density at radius 3 is 2.63 bits per heavy atom. The van der Waals surface area contributed by atoms with Gasteiger partial charge < -0.3 is 5.11 Å². The van der Waals surface area contributed by atoms with Gasteiger partial charge in [-0.1, -0.05) is 17.7 Å². The Labute approximate surface area is 117 Å². The van der Waals surface area contributed by atoms with Gasteiger partial charge in [-0.25, -0.2) is 13.2 Å². The van der Waals surface area contributed by atoms with Gasteiger partial charge in [0.2, 0.25) is 0 Å². The minimum atomic E-state index is -3.54. The van der Waals surface area contributed by atoms with Gasteiger partial charge in [0, 0.05) is 5.02 Å². The van der Waals surface area contributed by atoms with Crippen LogP contribution in [0.1, 0.15) is 28.8 Å². The highest BCUT2D eigenvalue weighted by molar-refractivity contribution is 7.91. The number of hydrogen-bond acceptors (Lipinski definition) is 3. The highest BCUT2D eigenvalue weighted by Gasteiger charge is 2.21. The number of allylic oxidation sites excluding steroid dienone is 1. The molecular formula is C13H15ClO4S. The predicted molar refractivity (Wildman–Crippen MR) is 74.6 cm³/mol. The SMILES string of the molecule is C=CCCCS(=O)(=O)c1cc(Cl)cc(C(=O)O)c1C. The van der Waals surface area contributed by atoms with Crippen molar-refractivity contribution in [3.63, 3.8) is 0 Å². The molecule has 0 spiro atoms. The van der Waals surface area contributed by atoms with Crippen LogP contribution in [0.25, 0.3) is 0 Å². The summed E-state index contributed by atoms with van der Waals surface area (Å²) in [5, 5.41) is 9.13. The fourth-order valence-corrected chi connectivity index (χ4v) is 3.66. The molecule has 0 saturated carbocycles. The lowest BCUT2D eigenvalue weighted by Crippen LogP contribution is -2.11. The number of sulfone groups is 1. The van der Waals surface area contributed by atoms with Crippen LogP contribution in [-0.2, 0) is 9.84 Å². The Bertz CT molecular complexity index is 605. The van der Waals surface area contributed by atoms with Crippen LogP contribution < -0.4 is 0 Å². The molecule has 0 saturated heterocycles. The van der Waals surface area contributed by atoms with Crippen LogP contribution in [0.3, 0.4) is 0 Å². The molecule has 0 unspecified atom stereocenters. The number of carboxylic acid groups (broad SMARTS) is 1. The molecule has 0 heterocycles. The molecule has 6 heteroatoms. The summed E-state index contributed by atoms with van der Waals surface area (Å²) in [6.45, 7) is 5.00. The molecular weight excluding hydrogens is 288 g/mol. The molecule has 1 N–H and O–H groups in total. The number of unbranched alkanes of at least 4 members (excludes halogenated alkanes) is 1. The van der Waals surface area contributed by atoms with E-state index in [0.717, 1.165) is 0 Å². The first-order valence-electron chi connectivity index (χ1n) is 5.66. The number of benzene rings is 1. The van der Waals surface area contributed by atoms with Gasteiger partial charge in [0.05, 0.1) is 16.2 Å². The van der Waals surface area contributed by atoms with E-state index >= 15 is 0 Å². The zero-order valence-electron chi connectivity index (χ0n) is 10.5. The Hall–Kier alpha value is -1.33. The molecule has 0 aliphatic rings. The van der Waals surface area contributed by atoms with Gasteiger partial charge in [-0.3, -0.25) is 0 Å². The van der Waals surface area contributed by atoms with Crippen LogP contribution in [0.4, 0.5) is 0 Å². The molecule has 0 atom stereocenters. The topological polar surface area (TPSA) is 71.4 Å². The molecule has 1 rings (SSSR count). The maximum absolute atomic E-state index is 12.2. The number of carboxylic acids is 1. The van der Waals surface area contributed by atoms with Crippen molar-refractivity contribution in [2.75, 3.05) is 5.75 Å². The maximum atomic E-state index is 12.2. The number of halogens is 1. The van der Waals surface area contributed by atoms with Crippen molar-refractivity contribution in [2.24, 2.45) is 0 Å². The normalized spacial score (nSPS) is 11.3. The number of aromatic carboxylic acids is 1. The monoisotopic (exact) mass is 302 g/mol. The second kappa shape index (κ2) is 6.21. The van der Waals surface area contributed by atoms with Crippen molar-refractivity contribution in [2.45, 2.75) is 24.7 Å². The van der Waals surface area contributed by atoms with Crippen molar-refractivity contribution in [1.29, 1.82) is 0 Å². The molecule has 0 bridgehead atoms. The fraction of sp³-hybridized carbons (Fsp3) is 0.308. The summed E-state index contributed by atoms with van der Waals surface area (Å²) in [7, 11) is -3.54. The van der Waals surface area contributed by atoms with Crippen LogP contribution in [-0.4, -0.2) is 25.2 Å². The maximum Gasteiger partial charge on any atom is 0.336 e. The molecule has 0 aliphatic carbocycles. The number of rotatable bonds is 6. The van der Waals surface area contributed by atoms with Crippen LogP contribution in [0.15, 0.2) is 29.7 Å². The quantitative estimate of drug-likeness (QED) is 0.647. The summed E-state index contributed by atoms with van der Waals surface area (Å²) < 4.78 is 24.3. The van der Waals surface area contributed by atoms with E-state index in [1.165, 1.54) is 19.1 Å². The average molecular weight is 303 g/mol. The summed E-state index contributed by atoms with van der Waals surface area (Å²) in [5.41, 5.74) is 0.130. The van der Waals surface area contributed by atoms with Crippen molar-refractivity contribution in [1.82, 2.24) is 0 Å². The zero-order valence-corrected chi connectivity index (χ0v) is 12.1. The van der Waals surface area contributed by atoms with Crippen LogP contribution in [0.2, 0.25) is 5.02 Å². The lowest BCUT2D eigenvalue weighted by molar-refractivity contribution is 0.0696. The zero-order chi connectivity index (χ0) is 14.6. The van der Waals surface area contributed by atoms with Gasteiger partial charge in [0.15, 0.2) is 9.84 Å². The van der Waals surface area contributed by atoms with Crippen LogP contribution in [0.5, 0.6) is 0 Å². The molecule has 0 aliphatic heterocycles. The average Bonchev–Trinajstić information content (AvgIpc) is 2.31. The first kappa shape index (κ1) is 15.7. The summed E-state index contributed by atoms with van der Waals surface area (Å²) in [6, 6.07) is 2.55. The van der Waals surface area contributed by atoms with Crippen molar-refractivity contribution in [3.05, 3.63) is 40.9 Å². The lowest BCUT2D eigenvalue weighted by atomic mass is 10.1. The van der Waals surface area contributed by atoms with E-state index < -0.39 is 15.8 Å². The summed E-state index contributed by atoms with van der Waals surface area (Å²) in [4.78, 5) is 11.0. The number of hydrogen-bond donors (Lipinski definition) is 1. The van der Waals surface area contributed by atoms with Crippen LogP contribution >= 0.6 is 11.6 Å². The fourth-order valence-electron chi connectivity index (χ4n) is 1.73. The third-order valence-electron chi connectivity index (χ3n) is 2.71. The second-order valence-electron chi connectivity index (χ2n) is 4.13. The van der Waals surface area contributed by atoms with Gasteiger partial charge in [0.25, 0.3) is 0 Å². The smallest absolute Gasteiger partial charge is 0.336 e. The third kappa shape index (κ3) is 3.81. The summed E-state index contributed by atoms with van der Waals surface area (Å²) >= 11 is 5.79. The highest BCUT2D eigenvalue weighted by Crippen LogP contribution is 2.26. The van der Waals surface area contributed by atoms with Gasteiger partial charge in [0.1, 0.15) is 0 Å². The van der Waals surface area contributed by atoms with E-state index in [1.54, 1.807) is 6.08 Å². The molecule has 1 aromatic carbocycles. The van der Waals surface area contributed by atoms with Gasteiger partial charge in [-0.05, 0) is 37.5 Å². The Morgan fingerprint density at radius 2 is 2.11 bits per heavy atom. The first-order valence-corrected chi connectivity index (χ1v) is 7.69. The van der Waals surface area contributed by atoms with E-state index in [2.05, 4.69) is 6.58 Å². The van der Waals surface area contributed by atoms with Crippen molar-refractivity contribution in [3.8, 4) is 0 Å². The first-order chi connectivity index (χ1) is 8.79. The Kier molecular flexibility index (Phi) is 5.14. The largest absolute Gasteiger partial charge is 0.478 e. The van der Waals surface area contributed by atoms with Crippen molar-refractivity contribution < 1.29 is 18.3 Å². The highest BCUT2D eigenvalue weighted by atomic mass is 35.5. The van der Waals surface area contributed by atoms with Crippen molar-refractivity contribution >= 4 is 27.4 Å². The van der Waals surface area contributed by atoms with Gasteiger partial charge in [-0.2, -0.15) is 0 Å². The van der Waals surface area contributed by atoms with E-state index in [0.29, 0.717) is 12.8 Å². The van der Waals surface area contributed by atoms with E-state index in [9.17, 15) is 13.2 Å². The van der Waals surface area contributed by atoms with E-state index in [-0.39, 0.29) is 26.8 Å². The molecule has 104 valence electrons. The minimum Gasteiger partial charge on any atom is -0.478 e. The second-order valence-corrected chi connectivity index (χ2v) is 6.65. The Balaban J connectivity index is 3.26. The lowest BCUT2D eigenvalue weighted by Gasteiger charge is -2.10. The molecule has 19 heavy (non-hydrogen) atoms. The molecule has 0 radical (unpaired) electrons. The summed E-state index contributed by atoms with van der Waals surface area (Å²) in [5.74, 6) is -1.25. The molecule has 1 aromatic rings. The number of carbonyl (C=O) groups is 1. The third-order valence-corrected chi connectivity index (χ3v) is 4.85. The van der Waals surface area contributed by atoms with Gasteiger partial charge >= 0.3 is 5.97 Å². The molecule has 0 amide bonds. The van der Waals surface area contributed by atoms with Crippen LogP contribution in [0, 0.1) is 6.92 Å². The molecule has 0 fully saturated rings. The Morgan fingerprint density at radius 1 is 1.47 bits per heavy atom. The molecule has 0 aromatic heterocycles. The van der Waals surface area contributed by atoms with E-state index in [1.807, 2.05) is 0 Å². The summed E-state index contributed by atoms with van der Waals surface area (Å²) in [6.07, 6.45) is 2.67. The van der Waals surface area contributed by atoms with E-state index in [4.69, 9.17) is 16.7 Å². The predicted octanol–water partition coefficient (Wildman–Crippen LogP) is 3.09. The van der Waals surface area contributed by atoms with Gasteiger partial charge in [-0.15, -0.1) is 6.58 Å².